The molecule has 0 saturated carbocycles. The summed E-state index contributed by atoms with van der Waals surface area (Å²) in [5, 5.41) is 9.87. The topological polar surface area (TPSA) is 110 Å². The Bertz CT molecular complexity index is 1820. The van der Waals surface area contributed by atoms with Gasteiger partial charge in [0.2, 0.25) is 0 Å². The molecule has 2 aromatic heterocycles. The van der Waals surface area contributed by atoms with Crippen molar-refractivity contribution in [2.75, 3.05) is 73.5 Å². The lowest BCUT2D eigenvalue weighted by molar-refractivity contribution is -0.171. The molecule has 2 aliphatic heterocycles. The van der Waals surface area contributed by atoms with Gasteiger partial charge >= 0.3 is 12.1 Å². The van der Waals surface area contributed by atoms with Gasteiger partial charge in [-0.05, 0) is 62.4 Å². The number of carbonyl (C=O) groups is 2. The number of H-pyrrole nitrogens is 1. The number of hydrogen-bond acceptors (Lipinski definition) is 8. The monoisotopic (exact) mass is 672 g/mol. The number of pyridine rings is 1. The molecule has 2 N–H and O–H groups in total. The maximum atomic E-state index is 14.4. The first kappa shape index (κ1) is 33.1. The number of amides is 2. The summed E-state index contributed by atoms with van der Waals surface area (Å²) in [6, 6.07) is 9.97. The number of alkyl halides is 3. The van der Waals surface area contributed by atoms with Crippen molar-refractivity contribution in [1.82, 2.24) is 20.1 Å². The normalized spacial score (nSPS) is 16.3. The van der Waals surface area contributed by atoms with Gasteiger partial charge in [-0.2, -0.15) is 18.3 Å². The second kappa shape index (κ2) is 13.4. The molecule has 16 heteroatoms. The standard InChI is InChI=1S/C32H33F5N8O3/c1-42-11-13-44(14-12-42)21-4-5-22(26(18-21)45(31(47)32(35,36)37)20-9-15-48-16-10-20)30(46)39-29-23-6-8-27(38-28(23)40-41-29)43(2)25-7-3-19(33)17-24(25)34/h3-8,17-18,20H,9-16H2,1-2H3,(H2,38,39,40,41,46). The summed E-state index contributed by atoms with van der Waals surface area (Å²) in [6.45, 7) is 3.04. The van der Waals surface area contributed by atoms with Gasteiger partial charge in [0.05, 0.1) is 22.3 Å². The van der Waals surface area contributed by atoms with Gasteiger partial charge in [0, 0.05) is 64.2 Å². The smallest absolute Gasteiger partial charge is 0.381 e. The number of aromatic amines is 1. The second-order valence-electron chi connectivity index (χ2n) is 11.8. The van der Waals surface area contributed by atoms with E-state index in [4.69, 9.17) is 4.74 Å². The molecule has 4 aromatic rings. The van der Waals surface area contributed by atoms with E-state index < -0.39 is 35.7 Å². The average Bonchev–Trinajstić information content (AvgIpc) is 3.46. The van der Waals surface area contributed by atoms with E-state index in [9.17, 15) is 31.5 Å². The number of halogens is 5. The number of anilines is 5. The highest BCUT2D eigenvalue weighted by atomic mass is 19.4. The number of likely N-dealkylation sites (N-methyl/N-ethyl adjacent to an activating group) is 1. The first-order valence-electron chi connectivity index (χ1n) is 15.3. The zero-order valence-corrected chi connectivity index (χ0v) is 26.2. The number of hydrogen-bond donors (Lipinski definition) is 2. The van der Waals surface area contributed by atoms with Gasteiger partial charge in [0.1, 0.15) is 17.5 Å². The molecule has 0 radical (unpaired) electrons. The number of rotatable bonds is 7. The third-order valence-corrected chi connectivity index (χ3v) is 8.63. The number of nitrogens with one attached hydrogen (secondary N) is 2. The molecule has 2 fully saturated rings. The lowest BCUT2D eigenvalue weighted by Crippen LogP contribution is -2.50. The molecule has 0 aliphatic carbocycles. The quantitative estimate of drug-likeness (QED) is 0.262. The van der Waals surface area contributed by atoms with Crippen LogP contribution in [0.4, 0.5) is 50.6 Å². The van der Waals surface area contributed by atoms with Gasteiger partial charge in [-0.25, -0.2) is 13.8 Å². The molecule has 0 atom stereocenters. The van der Waals surface area contributed by atoms with Crippen molar-refractivity contribution in [3.8, 4) is 0 Å². The Morgan fingerprint density at radius 1 is 0.979 bits per heavy atom. The number of aromatic nitrogens is 3. The van der Waals surface area contributed by atoms with Crippen molar-refractivity contribution in [3.63, 3.8) is 0 Å². The molecule has 2 aliphatic rings. The first-order valence-corrected chi connectivity index (χ1v) is 15.3. The lowest BCUT2D eigenvalue weighted by atomic mass is 10.0. The van der Waals surface area contributed by atoms with Gasteiger partial charge in [-0.15, -0.1) is 0 Å². The van der Waals surface area contributed by atoms with Crippen LogP contribution in [0.3, 0.4) is 0 Å². The largest absolute Gasteiger partial charge is 0.471 e. The molecule has 0 spiro atoms. The van der Waals surface area contributed by atoms with Crippen LogP contribution in [0.5, 0.6) is 0 Å². The Labute approximate surface area is 272 Å². The van der Waals surface area contributed by atoms with E-state index in [0.717, 1.165) is 25.2 Å². The minimum atomic E-state index is -5.19. The predicted octanol–water partition coefficient (Wildman–Crippen LogP) is 5.08. The van der Waals surface area contributed by atoms with Gasteiger partial charge in [0.15, 0.2) is 11.5 Å². The highest BCUT2D eigenvalue weighted by Crippen LogP contribution is 2.36. The van der Waals surface area contributed by atoms with E-state index in [1.165, 1.54) is 23.1 Å². The van der Waals surface area contributed by atoms with Crippen LogP contribution in [-0.4, -0.2) is 97.6 Å². The molecule has 48 heavy (non-hydrogen) atoms. The summed E-state index contributed by atoms with van der Waals surface area (Å²) >= 11 is 0. The van der Waals surface area contributed by atoms with Crippen molar-refractivity contribution in [2.24, 2.45) is 0 Å². The van der Waals surface area contributed by atoms with Gasteiger partial charge < -0.3 is 29.7 Å². The number of piperazine rings is 1. The fourth-order valence-electron chi connectivity index (χ4n) is 5.95. The molecular weight excluding hydrogens is 639 g/mol. The lowest BCUT2D eigenvalue weighted by Gasteiger charge is -2.37. The Morgan fingerprint density at radius 3 is 2.40 bits per heavy atom. The van der Waals surface area contributed by atoms with Crippen molar-refractivity contribution >= 4 is 51.5 Å². The fourth-order valence-corrected chi connectivity index (χ4v) is 5.95. The zero-order valence-electron chi connectivity index (χ0n) is 26.2. The van der Waals surface area contributed by atoms with Crippen molar-refractivity contribution in [3.05, 3.63) is 65.7 Å². The van der Waals surface area contributed by atoms with Crippen LogP contribution < -0.4 is 20.0 Å². The first-order chi connectivity index (χ1) is 22.9. The molecule has 6 rings (SSSR count). The summed E-state index contributed by atoms with van der Waals surface area (Å²) < 4.78 is 75.5. The average molecular weight is 673 g/mol. The van der Waals surface area contributed by atoms with Gasteiger partial charge in [-0.1, -0.05) is 0 Å². The maximum absolute atomic E-state index is 14.4. The Morgan fingerprint density at radius 2 is 1.71 bits per heavy atom. The summed E-state index contributed by atoms with van der Waals surface area (Å²) in [4.78, 5) is 37.6. The number of nitrogens with zero attached hydrogens (tertiary/aromatic N) is 6. The number of fused-ring (bicyclic) bond motifs is 1. The van der Waals surface area contributed by atoms with Crippen molar-refractivity contribution < 1.29 is 36.3 Å². The van der Waals surface area contributed by atoms with Crippen LogP contribution >= 0.6 is 0 Å². The SMILES string of the molecule is CN1CCN(c2ccc(C(=O)Nc3n[nH]c4nc(N(C)c5ccc(F)cc5F)ccc34)c(N(C(=O)C(F)(F)F)C3CCOCC3)c2)CC1. The summed E-state index contributed by atoms with van der Waals surface area (Å²) in [7, 11) is 3.52. The molecule has 0 unspecified atom stereocenters. The molecule has 2 amide bonds. The van der Waals surface area contributed by atoms with E-state index in [1.54, 1.807) is 25.2 Å². The minimum absolute atomic E-state index is 0.0403. The Hall–Kier alpha value is -4.83. The molecule has 4 heterocycles. The number of benzene rings is 2. The van der Waals surface area contributed by atoms with E-state index >= 15 is 0 Å². The summed E-state index contributed by atoms with van der Waals surface area (Å²) in [5.74, 6) is -4.04. The second-order valence-corrected chi connectivity index (χ2v) is 11.8. The fraction of sp³-hybridized carbons (Fsp3) is 0.375. The van der Waals surface area contributed by atoms with Crippen LogP contribution in [0, 0.1) is 11.6 Å². The molecule has 2 aromatic carbocycles. The Balaban J connectivity index is 1.34. The van der Waals surface area contributed by atoms with Crippen LogP contribution in [0.1, 0.15) is 23.2 Å². The summed E-state index contributed by atoms with van der Waals surface area (Å²) in [6.07, 6.45) is -4.87. The van der Waals surface area contributed by atoms with E-state index in [1.807, 2.05) is 11.9 Å². The third kappa shape index (κ3) is 6.75. The number of carbonyl (C=O) groups excluding carboxylic acids is 2. The van der Waals surface area contributed by atoms with Gasteiger partial charge in [0.25, 0.3) is 5.91 Å². The molecular formula is C32H33F5N8O3. The molecule has 254 valence electrons. The zero-order chi connectivity index (χ0) is 34.2. The van der Waals surface area contributed by atoms with E-state index in [0.29, 0.717) is 29.1 Å². The third-order valence-electron chi connectivity index (χ3n) is 8.63. The summed E-state index contributed by atoms with van der Waals surface area (Å²) in [5.41, 5.74) is 0.570. The van der Waals surface area contributed by atoms with Crippen LogP contribution in [0.15, 0.2) is 48.5 Å². The highest BCUT2D eigenvalue weighted by Gasteiger charge is 2.46. The Kier molecular flexibility index (Phi) is 9.20. The van der Waals surface area contributed by atoms with Crippen molar-refractivity contribution in [2.45, 2.75) is 25.1 Å². The van der Waals surface area contributed by atoms with Crippen molar-refractivity contribution in [1.29, 1.82) is 0 Å². The van der Waals surface area contributed by atoms with E-state index in [2.05, 4.69) is 25.4 Å². The molecule has 11 nitrogen and oxygen atoms in total. The minimum Gasteiger partial charge on any atom is -0.381 e. The van der Waals surface area contributed by atoms with E-state index in [-0.39, 0.29) is 60.3 Å². The number of ether oxygens (including phenoxy) is 1. The predicted molar refractivity (Wildman–Crippen MR) is 170 cm³/mol. The highest BCUT2D eigenvalue weighted by molar-refractivity contribution is 6.13. The maximum Gasteiger partial charge on any atom is 0.471 e. The van der Waals surface area contributed by atoms with Crippen LogP contribution in [-0.2, 0) is 9.53 Å². The van der Waals surface area contributed by atoms with Crippen LogP contribution in [0.25, 0.3) is 11.0 Å². The van der Waals surface area contributed by atoms with Crippen LogP contribution in [0.2, 0.25) is 0 Å². The molecule has 2 saturated heterocycles. The molecule has 0 bridgehead atoms. The van der Waals surface area contributed by atoms with Gasteiger partial charge in [-0.3, -0.25) is 14.7 Å².